The number of nitrogens with zero attached hydrogens (tertiary/aromatic N) is 1. The lowest BCUT2D eigenvalue weighted by atomic mass is 10.3. The normalized spacial score (nSPS) is 11.4. The quantitative estimate of drug-likeness (QED) is 0.847. The molecule has 18 heavy (non-hydrogen) atoms. The first-order valence-electron chi connectivity index (χ1n) is 5.14. The molecule has 7 heteroatoms. The van der Waals surface area contributed by atoms with E-state index in [0.29, 0.717) is 16.4 Å². The van der Waals surface area contributed by atoms with E-state index in [1.807, 2.05) is 0 Å². The van der Waals surface area contributed by atoms with Gasteiger partial charge in [0, 0.05) is 5.69 Å². The molecule has 0 fully saturated rings. The van der Waals surface area contributed by atoms with Crippen molar-refractivity contribution in [2.24, 2.45) is 0 Å². The summed E-state index contributed by atoms with van der Waals surface area (Å²) < 4.78 is 26.9. The number of aromatic nitrogens is 1. The number of nitrogens with one attached hydrogen (secondary N) is 1. The molecule has 0 aliphatic rings. The zero-order chi connectivity index (χ0) is 13.3. The zero-order valence-corrected chi connectivity index (χ0v) is 11.5. The fraction of sp³-hybridized carbons (Fsp3) is 0.182. The summed E-state index contributed by atoms with van der Waals surface area (Å²) in [5.41, 5.74) is 0.891. The Hall–Kier alpha value is -1.60. The Bertz CT molecular complexity index is 660. The molecule has 0 amide bonds. The van der Waals surface area contributed by atoms with Crippen LogP contribution in [0.4, 0.5) is 5.69 Å². The van der Waals surface area contributed by atoms with Crippen LogP contribution in [-0.2, 0) is 10.0 Å². The van der Waals surface area contributed by atoms with E-state index in [4.69, 9.17) is 5.11 Å². The average molecular weight is 284 g/mol. The van der Waals surface area contributed by atoms with Gasteiger partial charge in [-0.3, -0.25) is 4.72 Å². The van der Waals surface area contributed by atoms with Crippen LogP contribution in [0.25, 0.3) is 0 Å². The second-order valence-electron chi connectivity index (χ2n) is 3.76. The lowest BCUT2D eigenvalue weighted by Crippen LogP contribution is -2.12. The molecule has 2 rings (SSSR count). The number of rotatable bonds is 3. The van der Waals surface area contributed by atoms with Crippen LogP contribution < -0.4 is 4.72 Å². The van der Waals surface area contributed by atoms with Crippen LogP contribution in [0.2, 0.25) is 0 Å². The summed E-state index contributed by atoms with van der Waals surface area (Å²) in [6.07, 6.45) is 0. The molecular weight excluding hydrogens is 272 g/mol. The highest BCUT2D eigenvalue weighted by molar-refractivity contribution is 7.94. The molecule has 96 valence electrons. The van der Waals surface area contributed by atoms with Gasteiger partial charge < -0.3 is 5.11 Å². The Morgan fingerprint density at radius 2 is 1.83 bits per heavy atom. The minimum Gasteiger partial charge on any atom is -0.508 e. The van der Waals surface area contributed by atoms with Crippen molar-refractivity contribution in [3.63, 3.8) is 0 Å². The minimum absolute atomic E-state index is 0.0859. The molecule has 5 nitrogen and oxygen atoms in total. The number of sulfonamides is 1. The van der Waals surface area contributed by atoms with Crippen LogP contribution in [0, 0.1) is 13.8 Å². The fourth-order valence-electron chi connectivity index (χ4n) is 1.49. The number of benzene rings is 1. The number of aromatic hydroxyl groups is 1. The van der Waals surface area contributed by atoms with Gasteiger partial charge in [0.25, 0.3) is 10.0 Å². The number of aryl methyl sites for hydroxylation is 2. The number of phenols is 1. The first-order chi connectivity index (χ1) is 8.38. The molecule has 0 spiro atoms. The molecule has 0 radical (unpaired) electrons. The number of hydrogen-bond donors (Lipinski definition) is 2. The first-order valence-corrected chi connectivity index (χ1v) is 7.44. The molecule has 2 N–H and O–H groups in total. The lowest BCUT2D eigenvalue weighted by Gasteiger charge is -2.06. The number of thiazole rings is 1. The first kappa shape index (κ1) is 12.8. The maximum absolute atomic E-state index is 12.1. The highest BCUT2D eigenvalue weighted by Gasteiger charge is 2.20. The summed E-state index contributed by atoms with van der Waals surface area (Å²) in [5, 5.41) is 9.84. The molecule has 0 saturated heterocycles. The molecule has 0 atom stereocenters. The van der Waals surface area contributed by atoms with Crippen LogP contribution in [0.3, 0.4) is 0 Å². The zero-order valence-electron chi connectivity index (χ0n) is 9.84. The highest BCUT2D eigenvalue weighted by Crippen LogP contribution is 2.25. The number of phenolic OH excluding ortho intramolecular Hbond substituents is 1. The van der Waals surface area contributed by atoms with Gasteiger partial charge in [0.05, 0.1) is 10.7 Å². The van der Waals surface area contributed by atoms with Gasteiger partial charge in [0.2, 0.25) is 0 Å². The third-order valence-electron chi connectivity index (χ3n) is 2.22. The van der Waals surface area contributed by atoms with Gasteiger partial charge in [-0.25, -0.2) is 13.4 Å². The predicted molar refractivity (Wildman–Crippen MR) is 70.5 cm³/mol. The van der Waals surface area contributed by atoms with Crippen LogP contribution in [0.15, 0.2) is 28.5 Å². The molecule has 1 heterocycles. The van der Waals surface area contributed by atoms with Gasteiger partial charge in [0.1, 0.15) is 5.75 Å². The van der Waals surface area contributed by atoms with Crippen LogP contribution in [-0.4, -0.2) is 18.5 Å². The van der Waals surface area contributed by atoms with Crippen molar-refractivity contribution in [3.05, 3.63) is 35.0 Å². The summed E-state index contributed by atoms with van der Waals surface area (Å²) in [4.78, 5) is 4.09. The van der Waals surface area contributed by atoms with Gasteiger partial charge >= 0.3 is 0 Å². The second-order valence-corrected chi connectivity index (χ2v) is 6.84. The van der Waals surface area contributed by atoms with E-state index in [9.17, 15) is 8.42 Å². The van der Waals surface area contributed by atoms with Crippen molar-refractivity contribution in [1.82, 2.24) is 4.98 Å². The van der Waals surface area contributed by atoms with Crippen molar-refractivity contribution in [2.75, 3.05) is 4.72 Å². The largest absolute Gasteiger partial charge is 0.508 e. The van der Waals surface area contributed by atoms with Crippen LogP contribution in [0.5, 0.6) is 5.75 Å². The van der Waals surface area contributed by atoms with Crippen molar-refractivity contribution < 1.29 is 13.5 Å². The van der Waals surface area contributed by atoms with E-state index in [-0.39, 0.29) is 9.96 Å². The molecule has 0 aliphatic heterocycles. The minimum atomic E-state index is -3.61. The van der Waals surface area contributed by atoms with Gasteiger partial charge in [0.15, 0.2) is 4.21 Å². The lowest BCUT2D eigenvalue weighted by molar-refractivity contribution is 0.475. The van der Waals surface area contributed by atoms with E-state index in [2.05, 4.69) is 9.71 Å². The van der Waals surface area contributed by atoms with Crippen molar-refractivity contribution >= 4 is 27.0 Å². The summed E-state index contributed by atoms with van der Waals surface area (Å²) in [5.74, 6) is 0.0859. The molecular formula is C11H12N2O3S2. The SMILES string of the molecule is Cc1nc(C)c(S(=O)(=O)Nc2ccc(O)cc2)s1. The second kappa shape index (κ2) is 4.58. The van der Waals surface area contributed by atoms with Gasteiger partial charge in [-0.15, -0.1) is 11.3 Å². The van der Waals surface area contributed by atoms with Crippen LogP contribution >= 0.6 is 11.3 Å². The molecule has 0 saturated carbocycles. The Morgan fingerprint density at radius 3 is 2.33 bits per heavy atom. The summed E-state index contributed by atoms with van der Waals surface area (Å²) in [6, 6.07) is 5.83. The van der Waals surface area contributed by atoms with Gasteiger partial charge in [-0.1, -0.05) is 0 Å². The molecule has 0 unspecified atom stereocenters. The molecule has 1 aromatic carbocycles. The van der Waals surface area contributed by atoms with Crippen molar-refractivity contribution in [2.45, 2.75) is 18.1 Å². The number of anilines is 1. The molecule has 2 aromatic rings. The maximum atomic E-state index is 12.1. The third-order valence-corrected chi connectivity index (χ3v) is 5.29. The fourth-order valence-corrected chi connectivity index (χ4v) is 4.04. The summed E-state index contributed by atoms with van der Waals surface area (Å²) in [7, 11) is -3.61. The standard InChI is InChI=1S/C11H12N2O3S2/c1-7-11(17-8(2)12-7)18(15,16)13-9-3-5-10(14)6-4-9/h3-6,13-14H,1-2H3. The number of hydrogen-bond acceptors (Lipinski definition) is 5. The highest BCUT2D eigenvalue weighted by atomic mass is 32.2. The average Bonchev–Trinajstić information content (AvgIpc) is 2.62. The molecule has 0 aliphatic carbocycles. The van der Waals surface area contributed by atoms with Crippen molar-refractivity contribution in [1.29, 1.82) is 0 Å². The molecule has 0 bridgehead atoms. The maximum Gasteiger partial charge on any atom is 0.273 e. The Kier molecular flexibility index (Phi) is 3.27. The smallest absolute Gasteiger partial charge is 0.273 e. The van der Waals surface area contributed by atoms with Crippen LogP contribution in [0.1, 0.15) is 10.7 Å². The Morgan fingerprint density at radius 1 is 1.22 bits per heavy atom. The van der Waals surface area contributed by atoms with Gasteiger partial charge in [-0.2, -0.15) is 0 Å². The predicted octanol–water partition coefficient (Wildman–Crippen LogP) is 2.27. The van der Waals surface area contributed by atoms with E-state index in [1.54, 1.807) is 13.8 Å². The van der Waals surface area contributed by atoms with E-state index >= 15 is 0 Å². The van der Waals surface area contributed by atoms with Crippen molar-refractivity contribution in [3.8, 4) is 5.75 Å². The van der Waals surface area contributed by atoms with Gasteiger partial charge in [-0.05, 0) is 38.1 Å². The third kappa shape index (κ3) is 2.62. The topological polar surface area (TPSA) is 79.3 Å². The summed E-state index contributed by atoms with van der Waals surface area (Å²) in [6.45, 7) is 3.42. The summed E-state index contributed by atoms with van der Waals surface area (Å²) >= 11 is 1.13. The Balaban J connectivity index is 2.33. The van der Waals surface area contributed by atoms with E-state index < -0.39 is 10.0 Å². The Labute approximate surface area is 109 Å². The molecule has 1 aromatic heterocycles. The van der Waals surface area contributed by atoms with E-state index in [1.165, 1.54) is 24.3 Å². The van der Waals surface area contributed by atoms with E-state index in [0.717, 1.165) is 11.3 Å². The monoisotopic (exact) mass is 284 g/mol.